The standard InChI is InChI=1S/C14H21NO2/c1-10-5-6-11(2)12(7-10)8-13(16)15-9-14(3,4)17/h5-7,17H,8-9H2,1-4H3,(H,15,16). The fraction of sp³-hybridized carbons (Fsp3) is 0.500. The molecule has 0 unspecified atom stereocenters. The first-order chi connectivity index (χ1) is 7.78. The van der Waals surface area contributed by atoms with Gasteiger partial charge in [0.05, 0.1) is 12.0 Å². The second-order valence-electron chi connectivity index (χ2n) is 5.20. The maximum Gasteiger partial charge on any atom is 0.224 e. The number of carbonyl (C=O) groups is 1. The fourth-order valence-corrected chi connectivity index (χ4v) is 1.54. The van der Waals surface area contributed by atoms with Crippen molar-refractivity contribution in [2.45, 2.75) is 39.7 Å². The molecule has 1 aromatic rings. The molecule has 0 radical (unpaired) electrons. The fourth-order valence-electron chi connectivity index (χ4n) is 1.54. The van der Waals surface area contributed by atoms with Crippen molar-refractivity contribution in [1.29, 1.82) is 0 Å². The smallest absolute Gasteiger partial charge is 0.224 e. The number of aryl methyl sites for hydroxylation is 2. The van der Waals surface area contributed by atoms with Crippen molar-refractivity contribution in [3.8, 4) is 0 Å². The molecule has 0 saturated carbocycles. The highest BCUT2D eigenvalue weighted by Gasteiger charge is 2.14. The third-order valence-corrected chi connectivity index (χ3v) is 2.57. The lowest BCUT2D eigenvalue weighted by molar-refractivity contribution is -0.121. The highest BCUT2D eigenvalue weighted by Crippen LogP contribution is 2.11. The van der Waals surface area contributed by atoms with Crippen LogP contribution in [-0.2, 0) is 11.2 Å². The molecule has 3 nitrogen and oxygen atoms in total. The van der Waals surface area contributed by atoms with Gasteiger partial charge in [-0.2, -0.15) is 0 Å². The number of aliphatic hydroxyl groups is 1. The van der Waals surface area contributed by atoms with Gasteiger partial charge in [-0.3, -0.25) is 4.79 Å². The molecule has 0 aromatic heterocycles. The molecule has 2 N–H and O–H groups in total. The van der Waals surface area contributed by atoms with Crippen LogP contribution >= 0.6 is 0 Å². The highest BCUT2D eigenvalue weighted by atomic mass is 16.3. The minimum absolute atomic E-state index is 0.0548. The molecule has 0 spiro atoms. The topological polar surface area (TPSA) is 49.3 Å². The lowest BCUT2D eigenvalue weighted by Crippen LogP contribution is -2.38. The van der Waals surface area contributed by atoms with Gasteiger partial charge >= 0.3 is 0 Å². The number of benzene rings is 1. The molecule has 0 atom stereocenters. The van der Waals surface area contributed by atoms with Crippen molar-refractivity contribution in [2.24, 2.45) is 0 Å². The molecule has 0 aliphatic heterocycles. The van der Waals surface area contributed by atoms with Crippen LogP contribution in [0.4, 0.5) is 0 Å². The van der Waals surface area contributed by atoms with Gasteiger partial charge in [0, 0.05) is 6.54 Å². The Hall–Kier alpha value is -1.35. The Morgan fingerprint density at radius 2 is 2.00 bits per heavy atom. The van der Waals surface area contributed by atoms with E-state index in [1.54, 1.807) is 13.8 Å². The number of amides is 1. The van der Waals surface area contributed by atoms with Crippen LogP contribution in [0.2, 0.25) is 0 Å². The summed E-state index contributed by atoms with van der Waals surface area (Å²) in [5.74, 6) is -0.0548. The third-order valence-electron chi connectivity index (χ3n) is 2.57. The van der Waals surface area contributed by atoms with E-state index in [1.165, 1.54) is 0 Å². The van der Waals surface area contributed by atoms with Gasteiger partial charge < -0.3 is 10.4 Å². The molecule has 1 amide bonds. The van der Waals surface area contributed by atoms with E-state index in [9.17, 15) is 9.90 Å². The van der Waals surface area contributed by atoms with Gasteiger partial charge in [0.1, 0.15) is 0 Å². The number of carbonyl (C=O) groups excluding carboxylic acids is 1. The molecule has 1 rings (SSSR count). The summed E-state index contributed by atoms with van der Waals surface area (Å²) in [4.78, 5) is 11.7. The zero-order chi connectivity index (χ0) is 13.1. The first kappa shape index (κ1) is 13.7. The Kier molecular flexibility index (Phi) is 4.29. The Morgan fingerprint density at radius 1 is 1.35 bits per heavy atom. The van der Waals surface area contributed by atoms with Gasteiger partial charge in [0.15, 0.2) is 0 Å². The minimum Gasteiger partial charge on any atom is -0.389 e. The summed E-state index contributed by atoms with van der Waals surface area (Å²) in [7, 11) is 0. The summed E-state index contributed by atoms with van der Waals surface area (Å²) < 4.78 is 0. The zero-order valence-electron chi connectivity index (χ0n) is 11.0. The van der Waals surface area contributed by atoms with Gasteiger partial charge in [-0.05, 0) is 38.8 Å². The highest BCUT2D eigenvalue weighted by molar-refractivity contribution is 5.79. The molecule has 17 heavy (non-hydrogen) atoms. The number of nitrogens with one attached hydrogen (secondary N) is 1. The van der Waals surface area contributed by atoms with E-state index in [4.69, 9.17) is 0 Å². The molecule has 1 aromatic carbocycles. The molecule has 0 aliphatic rings. The van der Waals surface area contributed by atoms with E-state index in [2.05, 4.69) is 5.32 Å². The van der Waals surface area contributed by atoms with E-state index >= 15 is 0 Å². The van der Waals surface area contributed by atoms with E-state index in [-0.39, 0.29) is 12.5 Å². The molecule has 94 valence electrons. The van der Waals surface area contributed by atoms with Gasteiger partial charge in [-0.15, -0.1) is 0 Å². The quantitative estimate of drug-likeness (QED) is 0.835. The predicted molar refractivity (Wildman–Crippen MR) is 68.9 cm³/mol. The summed E-state index contributed by atoms with van der Waals surface area (Å²) in [5, 5.41) is 12.2. The summed E-state index contributed by atoms with van der Waals surface area (Å²) in [5.41, 5.74) is 2.45. The largest absolute Gasteiger partial charge is 0.389 e. The van der Waals surface area contributed by atoms with E-state index in [0.29, 0.717) is 6.42 Å². The number of hydrogen-bond acceptors (Lipinski definition) is 2. The molecule has 0 fully saturated rings. The van der Waals surface area contributed by atoms with Crippen molar-refractivity contribution in [2.75, 3.05) is 6.54 Å². The summed E-state index contributed by atoms with van der Waals surface area (Å²) in [6.45, 7) is 7.63. The van der Waals surface area contributed by atoms with Crippen LogP contribution in [0, 0.1) is 13.8 Å². The van der Waals surface area contributed by atoms with Crippen LogP contribution in [0.1, 0.15) is 30.5 Å². The molecule has 0 saturated heterocycles. The third kappa shape index (κ3) is 5.00. The first-order valence-corrected chi connectivity index (χ1v) is 5.83. The molecule has 3 heteroatoms. The van der Waals surface area contributed by atoms with E-state index < -0.39 is 5.60 Å². The van der Waals surface area contributed by atoms with Gasteiger partial charge in [0.2, 0.25) is 5.91 Å². The van der Waals surface area contributed by atoms with Crippen LogP contribution in [0.3, 0.4) is 0 Å². The van der Waals surface area contributed by atoms with Crippen LogP contribution in [-0.4, -0.2) is 23.2 Å². The maximum absolute atomic E-state index is 11.7. The lowest BCUT2D eigenvalue weighted by Gasteiger charge is -2.17. The normalized spacial score (nSPS) is 11.4. The SMILES string of the molecule is Cc1ccc(C)c(CC(=O)NCC(C)(C)O)c1. The van der Waals surface area contributed by atoms with Crippen molar-refractivity contribution >= 4 is 5.91 Å². The summed E-state index contributed by atoms with van der Waals surface area (Å²) in [6, 6.07) is 6.08. The molecule has 0 bridgehead atoms. The maximum atomic E-state index is 11.7. The Morgan fingerprint density at radius 3 is 2.59 bits per heavy atom. The minimum atomic E-state index is -0.864. The molecular formula is C14H21NO2. The Bertz CT molecular complexity index is 405. The number of hydrogen-bond donors (Lipinski definition) is 2. The summed E-state index contributed by atoms with van der Waals surface area (Å²) >= 11 is 0. The van der Waals surface area contributed by atoms with Crippen molar-refractivity contribution in [3.05, 3.63) is 34.9 Å². The van der Waals surface area contributed by atoms with Crippen molar-refractivity contribution in [3.63, 3.8) is 0 Å². The monoisotopic (exact) mass is 235 g/mol. The average Bonchev–Trinajstić information content (AvgIpc) is 2.20. The molecule has 0 heterocycles. The van der Waals surface area contributed by atoms with Crippen molar-refractivity contribution < 1.29 is 9.90 Å². The zero-order valence-corrected chi connectivity index (χ0v) is 11.0. The van der Waals surface area contributed by atoms with Crippen molar-refractivity contribution in [1.82, 2.24) is 5.32 Å². The second kappa shape index (κ2) is 5.32. The predicted octanol–water partition coefficient (Wildman–Crippen LogP) is 1.73. The Labute approximate surface area is 103 Å². The second-order valence-corrected chi connectivity index (χ2v) is 5.20. The van der Waals surface area contributed by atoms with E-state index in [0.717, 1.165) is 16.7 Å². The van der Waals surface area contributed by atoms with Crippen LogP contribution in [0.5, 0.6) is 0 Å². The average molecular weight is 235 g/mol. The van der Waals surface area contributed by atoms with Gasteiger partial charge in [-0.1, -0.05) is 23.8 Å². The van der Waals surface area contributed by atoms with Crippen LogP contribution in [0.25, 0.3) is 0 Å². The van der Waals surface area contributed by atoms with Crippen LogP contribution < -0.4 is 5.32 Å². The molecular weight excluding hydrogens is 214 g/mol. The van der Waals surface area contributed by atoms with Crippen LogP contribution in [0.15, 0.2) is 18.2 Å². The van der Waals surface area contributed by atoms with Gasteiger partial charge in [-0.25, -0.2) is 0 Å². The van der Waals surface area contributed by atoms with Gasteiger partial charge in [0.25, 0.3) is 0 Å². The lowest BCUT2D eigenvalue weighted by atomic mass is 10.0. The number of rotatable bonds is 4. The first-order valence-electron chi connectivity index (χ1n) is 5.83. The molecule has 0 aliphatic carbocycles. The summed E-state index contributed by atoms with van der Waals surface area (Å²) in [6.07, 6.45) is 0.365. The Balaban J connectivity index is 2.59. The van der Waals surface area contributed by atoms with E-state index in [1.807, 2.05) is 32.0 Å².